The van der Waals surface area contributed by atoms with E-state index in [1.165, 1.54) is 44.9 Å². The maximum atomic E-state index is 11.4. The maximum Gasteiger partial charge on any atom is 0.410 e. The normalized spacial score (nSPS) is 18.4. The van der Waals surface area contributed by atoms with Crippen LogP contribution in [0.3, 0.4) is 0 Å². The highest BCUT2D eigenvalue weighted by Gasteiger charge is 2.26. The molecule has 0 aromatic carbocycles. The summed E-state index contributed by atoms with van der Waals surface area (Å²) < 4.78 is 5.09. The van der Waals surface area contributed by atoms with Crippen molar-refractivity contribution in [2.75, 3.05) is 13.1 Å². The van der Waals surface area contributed by atoms with Gasteiger partial charge in [0.05, 0.1) is 6.54 Å². The highest BCUT2D eigenvalue weighted by molar-refractivity contribution is 5.69. The van der Waals surface area contributed by atoms with Gasteiger partial charge in [-0.2, -0.15) is 0 Å². The number of carbonyl (C=O) groups excluding carboxylic acids is 2. The van der Waals surface area contributed by atoms with Crippen LogP contribution in [0.4, 0.5) is 4.79 Å². The smallest absolute Gasteiger partial charge is 0.410 e. The van der Waals surface area contributed by atoms with Crippen LogP contribution in [-0.2, 0) is 9.53 Å². The lowest BCUT2D eigenvalue weighted by Gasteiger charge is -2.11. The summed E-state index contributed by atoms with van der Waals surface area (Å²) >= 11 is 0. The monoisotopic (exact) mass is 283 g/mol. The Morgan fingerprint density at radius 1 is 1.05 bits per heavy atom. The highest BCUT2D eigenvalue weighted by atomic mass is 16.6. The summed E-state index contributed by atoms with van der Waals surface area (Å²) in [6, 6.07) is 0. The number of aldehydes is 1. The van der Waals surface area contributed by atoms with Crippen LogP contribution in [0.2, 0.25) is 0 Å². The number of amides is 1. The fraction of sp³-hybridized carbons (Fsp3) is 0.875. The molecule has 1 unspecified atom stereocenters. The summed E-state index contributed by atoms with van der Waals surface area (Å²) in [6.45, 7) is 3.53. The fourth-order valence-corrected chi connectivity index (χ4v) is 2.62. The standard InChI is InChI=1S/C16H29NO3/c1-15-14-17(16(19)20-15)12-10-8-6-4-2-3-5-7-9-11-13-18/h13,15H,2-12,14H2,1H3. The van der Waals surface area contributed by atoms with Crippen LogP contribution >= 0.6 is 0 Å². The summed E-state index contributed by atoms with van der Waals surface area (Å²) in [5.74, 6) is 0. The van der Waals surface area contributed by atoms with Crippen molar-refractivity contribution < 1.29 is 14.3 Å². The summed E-state index contributed by atoms with van der Waals surface area (Å²) in [5.41, 5.74) is 0. The molecule has 0 spiro atoms. The van der Waals surface area contributed by atoms with Gasteiger partial charge in [0, 0.05) is 13.0 Å². The SMILES string of the molecule is CC1CN(CCCCCCCCCCCC=O)C(=O)O1. The van der Waals surface area contributed by atoms with Gasteiger partial charge < -0.3 is 14.4 Å². The van der Waals surface area contributed by atoms with Gasteiger partial charge >= 0.3 is 6.09 Å². The Kier molecular flexibility index (Phi) is 9.09. The Labute approximate surface area is 122 Å². The average Bonchev–Trinajstić information content (AvgIpc) is 2.74. The van der Waals surface area contributed by atoms with E-state index < -0.39 is 0 Å². The summed E-state index contributed by atoms with van der Waals surface area (Å²) in [5, 5.41) is 0. The minimum Gasteiger partial charge on any atom is -0.445 e. The Bertz CT molecular complexity index is 281. The Morgan fingerprint density at radius 2 is 1.60 bits per heavy atom. The number of ether oxygens (including phenoxy) is 1. The topological polar surface area (TPSA) is 46.6 Å². The molecule has 20 heavy (non-hydrogen) atoms. The lowest BCUT2D eigenvalue weighted by molar-refractivity contribution is -0.107. The van der Waals surface area contributed by atoms with Crippen molar-refractivity contribution in [3.8, 4) is 0 Å². The van der Waals surface area contributed by atoms with E-state index in [-0.39, 0.29) is 12.2 Å². The molecule has 0 aliphatic carbocycles. The zero-order valence-corrected chi connectivity index (χ0v) is 12.8. The van der Waals surface area contributed by atoms with Gasteiger partial charge in [0.25, 0.3) is 0 Å². The maximum absolute atomic E-state index is 11.4. The third-order valence-corrected chi connectivity index (χ3v) is 3.79. The zero-order valence-electron chi connectivity index (χ0n) is 12.8. The van der Waals surface area contributed by atoms with Gasteiger partial charge in [0.1, 0.15) is 12.4 Å². The fourth-order valence-electron chi connectivity index (χ4n) is 2.62. The van der Waals surface area contributed by atoms with E-state index in [1.54, 1.807) is 0 Å². The second kappa shape index (κ2) is 10.7. The van der Waals surface area contributed by atoms with Crippen molar-refractivity contribution in [1.82, 2.24) is 4.90 Å². The van der Waals surface area contributed by atoms with Crippen LogP contribution in [0.15, 0.2) is 0 Å². The van der Waals surface area contributed by atoms with Crippen molar-refractivity contribution in [2.24, 2.45) is 0 Å². The predicted octanol–water partition coefficient (Wildman–Crippen LogP) is 3.93. The van der Waals surface area contributed by atoms with Gasteiger partial charge in [-0.05, 0) is 19.8 Å². The van der Waals surface area contributed by atoms with Gasteiger partial charge in [0.2, 0.25) is 0 Å². The van der Waals surface area contributed by atoms with Crippen molar-refractivity contribution in [3.05, 3.63) is 0 Å². The zero-order chi connectivity index (χ0) is 14.6. The number of cyclic esters (lactones) is 1. The quantitative estimate of drug-likeness (QED) is 0.403. The van der Waals surface area contributed by atoms with Crippen molar-refractivity contribution in [2.45, 2.75) is 77.2 Å². The van der Waals surface area contributed by atoms with Gasteiger partial charge in [0.15, 0.2) is 0 Å². The van der Waals surface area contributed by atoms with E-state index in [4.69, 9.17) is 4.74 Å². The van der Waals surface area contributed by atoms with Crippen LogP contribution in [0.25, 0.3) is 0 Å². The number of rotatable bonds is 12. The molecule has 1 rings (SSSR count). The molecule has 1 heterocycles. The molecule has 1 amide bonds. The van der Waals surface area contributed by atoms with Crippen molar-refractivity contribution in [3.63, 3.8) is 0 Å². The van der Waals surface area contributed by atoms with Crippen LogP contribution in [0, 0.1) is 0 Å². The molecule has 1 fully saturated rings. The molecule has 4 nitrogen and oxygen atoms in total. The van der Waals surface area contributed by atoms with Crippen LogP contribution in [0.5, 0.6) is 0 Å². The first-order valence-electron chi connectivity index (χ1n) is 8.13. The lowest BCUT2D eigenvalue weighted by atomic mass is 10.1. The molecule has 0 bridgehead atoms. The second-order valence-electron chi connectivity index (χ2n) is 5.78. The number of nitrogens with zero attached hydrogens (tertiary/aromatic N) is 1. The molecule has 116 valence electrons. The minimum atomic E-state index is -0.146. The molecule has 1 aliphatic rings. The highest BCUT2D eigenvalue weighted by Crippen LogP contribution is 2.13. The second-order valence-corrected chi connectivity index (χ2v) is 5.78. The largest absolute Gasteiger partial charge is 0.445 e. The van der Waals surface area contributed by atoms with E-state index in [2.05, 4.69) is 0 Å². The molecule has 1 atom stereocenters. The number of hydrogen-bond donors (Lipinski definition) is 0. The first kappa shape index (κ1) is 17.0. The number of unbranched alkanes of at least 4 members (excludes halogenated alkanes) is 9. The Balaban J connectivity index is 1.81. The molecule has 0 N–H and O–H groups in total. The van der Waals surface area contributed by atoms with E-state index in [0.717, 1.165) is 38.6 Å². The third-order valence-electron chi connectivity index (χ3n) is 3.79. The lowest BCUT2D eigenvalue weighted by Crippen LogP contribution is -2.25. The van der Waals surface area contributed by atoms with E-state index in [0.29, 0.717) is 0 Å². The average molecular weight is 283 g/mol. The molecule has 1 saturated heterocycles. The van der Waals surface area contributed by atoms with Crippen molar-refractivity contribution >= 4 is 12.4 Å². The minimum absolute atomic E-state index is 0.0571. The molecule has 0 radical (unpaired) electrons. The van der Waals surface area contributed by atoms with Crippen LogP contribution < -0.4 is 0 Å². The molecule has 1 aliphatic heterocycles. The summed E-state index contributed by atoms with van der Waals surface area (Å²) in [7, 11) is 0. The summed E-state index contributed by atoms with van der Waals surface area (Å²) in [4.78, 5) is 23.3. The molecular weight excluding hydrogens is 254 g/mol. The Hall–Kier alpha value is -1.06. The van der Waals surface area contributed by atoms with Gasteiger partial charge in [-0.3, -0.25) is 0 Å². The van der Waals surface area contributed by atoms with E-state index in [9.17, 15) is 9.59 Å². The van der Waals surface area contributed by atoms with Crippen molar-refractivity contribution in [1.29, 1.82) is 0 Å². The third kappa shape index (κ3) is 7.51. The Morgan fingerprint density at radius 3 is 2.10 bits per heavy atom. The molecule has 4 heteroatoms. The van der Waals surface area contributed by atoms with Gasteiger partial charge in [-0.25, -0.2) is 4.79 Å². The van der Waals surface area contributed by atoms with Gasteiger partial charge in [-0.15, -0.1) is 0 Å². The molecular formula is C16H29NO3. The van der Waals surface area contributed by atoms with Crippen LogP contribution in [-0.4, -0.2) is 36.5 Å². The number of carbonyl (C=O) groups is 2. The number of hydrogen-bond acceptors (Lipinski definition) is 3. The van der Waals surface area contributed by atoms with E-state index in [1.807, 2.05) is 11.8 Å². The molecule has 0 saturated carbocycles. The van der Waals surface area contributed by atoms with Crippen LogP contribution in [0.1, 0.15) is 71.1 Å². The predicted molar refractivity (Wildman–Crippen MR) is 79.8 cm³/mol. The van der Waals surface area contributed by atoms with Gasteiger partial charge in [-0.1, -0.05) is 44.9 Å². The first-order chi connectivity index (χ1) is 9.74. The molecule has 0 aromatic heterocycles. The van der Waals surface area contributed by atoms with E-state index >= 15 is 0 Å². The first-order valence-corrected chi connectivity index (χ1v) is 8.13. The molecule has 0 aromatic rings. The summed E-state index contributed by atoms with van der Waals surface area (Å²) in [6.07, 6.45) is 12.5.